The summed E-state index contributed by atoms with van der Waals surface area (Å²) < 4.78 is 0. The number of piperidine rings is 1. The summed E-state index contributed by atoms with van der Waals surface area (Å²) in [7, 11) is 0. The molecule has 8 heteroatoms. The van der Waals surface area contributed by atoms with Crippen LogP contribution < -0.4 is 16.0 Å². The Labute approximate surface area is 194 Å². The number of nitrogens with one attached hydrogen (secondary N) is 1. The molecule has 1 aromatic rings. The van der Waals surface area contributed by atoms with E-state index in [1.807, 2.05) is 12.1 Å². The molecular formula is C25H34N4O4. The van der Waals surface area contributed by atoms with Gasteiger partial charge in [0, 0.05) is 48.3 Å². The molecule has 4 amide bonds. The first kappa shape index (κ1) is 23.3. The van der Waals surface area contributed by atoms with Gasteiger partial charge in [-0.1, -0.05) is 25.8 Å². The van der Waals surface area contributed by atoms with Crippen LogP contribution in [0.25, 0.3) is 0 Å². The number of anilines is 1. The molecule has 1 saturated carbocycles. The Morgan fingerprint density at radius 1 is 1.12 bits per heavy atom. The highest BCUT2D eigenvalue weighted by Crippen LogP contribution is 2.38. The fourth-order valence-electron chi connectivity index (χ4n) is 5.54. The van der Waals surface area contributed by atoms with E-state index in [1.54, 1.807) is 4.90 Å². The predicted octanol–water partition coefficient (Wildman–Crippen LogP) is 2.49. The summed E-state index contributed by atoms with van der Waals surface area (Å²) in [5.74, 6) is -1.08. The van der Waals surface area contributed by atoms with Crippen molar-refractivity contribution in [3.8, 4) is 0 Å². The summed E-state index contributed by atoms with van der Waals surface area (Å²) in [5, 5.41) is 2.37. The van der Waals surface area contributed by atoms with Gasteiger partial charge in [0.15, 0.2) is 0 Å². The minimum absolute atomic E-state index is 0.0511. The molecule has 1 saturated heterocycles. The summed E-state index contributed by atoms with van der Waals surface area (Å²) in [5.41, 5.74) is 8.20. The Morgan fingerprint density at radius 3 is 2.55 bits per heavy atom. The average molecular weight is 455 g/mol. The molecule has 3 N–H and O–H groups in total. The number of primary amides is 1. The molecule has 0 bridgehead atoms. The Balaban J connectivity index is 1.59. The number of nitrogens with zero attached hydrogens (tertiary/aromatic N) is 2. The van der Waals surface area contributed by atoms with Crippen LogP contribution in [0.1, 0.15) is 80.6 Å². The molecule has 2 heterocycles. The number of imide groups is 1. The number of carbonyl (C=O) groups is 4. The topological polar surface area (TPSA) is 113 Å². The van der Waals surface area contributed by atoms with E-state index in [0.717, 1.165) is 62.7 Å². The first-order chi connectivity index (χ1) is 15.9. The quantitative estimate of drug-likeness (QED) is 0.463. The minimum atomic E-state index is -0.616. The standard InChI is InChI=1S/C25H34N4O4/c1-2-3-4-14-28(17-10-8-16(9-11-17)23(26)31)20-7-5-6-18-19(20)15-29(25(18)33)21-12-13-22(30)27-24(21)32/h5-7,16-17,21H,2-4,8-15H2,1H3,(H2,26,31)(H,27,30,32). The number of nitrogens with two attached hydrogens (primary N) is 1. The number of amides is 4. The number of benzene rings is 1. The van der Waals surface area contributed by atoms with Gasteiger partial charge in [-0.05, 0) is 50.7 Å². The zero-order chi connectivity index (χ0) is 23.5. The highest BCUT2D eigenvalue weighted by molar-refractivity contribution is 6.06. The van der Waals surface area contributed by atoms with Crippen LogP contribution in [0.3, 0.4) is 0 Å². The molecule has 0 radical (unpaired) electrons. The van der Waals surface area contributed by atoms with Gasteiger partial charge in [-0.3, -0.25) is 24.5 Å². The molecular weight excluding hydrogens is 420 g/mol. The van der Waals surface area contributed by atoms with Crippen molar-refractivity contribution in [3.63, 3.8) is 0 Å². The number of rotatable bonds is 8. The molecule has 2 fully saturated rings. The highest BCUT2D eigenvalue weighted by Gasteiger charge is 2.41. The van der Waals surface area contributed by atoms with Crippen LogP contribution in [-0.4, -0.2) is 47.2 Å². The van der Waals surface area contributed by atoms with Gasteiger partial charge in [0.25, 0.3) is 5.91 Å². The molecule has 178 valence electrons. The van der Waals surface area contributed by atoms with Crippen LogP contribution in [0.2, 0.25) is 0 Å². The van der Waals surface area contributed by atoms with Crippen molar-refractivity contribution >= 4 is 29.3 Å². The molecule has 1 atom stereocenters. The van der Waals surface area contributed by atoms with Gasteiger partial charge in [0.1, 0.15) is 6.04 Å². The fraction of sp³-hybridized carbons (Fsp3) is 0.600. The van der Waals surface area contributed by atoms with E-state index in [0.29, 0.717) is 24.6 Å². The van der Waals surface area contributed by atoms with E-state index < -0.39 is 11.9 Å². The first-order valence-corrected chi connectivity index (χ1v) is 12.2. The van der Waals surface area contributed by atoms with Gasteiger partial charge in [0.2, 0.25) is 17.7 Å². The second-order valence-corrected chi connectivity index (χ2v) is 9.51. The van der Waals surface area contributed by atoms with E-state index in [-0.39, 0.29) is 30.1 Å². The van der Waals surface area contributed by atoms with Crippen molar-refractivity contribution < 1.29 is 19.2 Å². The Kier molecular flexibility index (Phi) is 7.00. The molecule has 3 aliphatic rings. The fourth-order valence-corrected chi connectivity index (χ4v) is 5.54. The number of fused-ring (bicyclic) bond motifs is 1. The SMILES string of the molecule is CCCCCN(c1cccc2c1CN(C1CCC(=O)NC1=O)C2=O)C1CCC(C(N)=O)CC1. The summed E-state index contributed by atoms with van der Waals surface area (Å²) in [6, 6.07) is 5.51. The van der Waals surface area contributed by atoms with E-state index >= 15 is 0 Å². The maximum Gasteiger partial charge on any atom is 0.255 e. The number of carbonyl (C=O) groups excluding carboxylic acids is 4. The van der Waals surface area contributed by atoms with Gasteiger partial charge in [0.05, 0.1) is 0 Å². The lowest BCUT2D eigenvalue weighted by Crippen LogP contribution is -2.52. The average Bonchev–Trinajstić information content (AvgIpc) is 3.13. The third-order valence-electron chi connectivity index (χ3n) is 7.41. The minimum Gasteiger partial charge on any atom is -0.369 e. The van der Waals surface area contributed by atoms with Crippen LogP contribution >= 0.6 is 0 Å². The van der Waals surface area contributed by atoms with Crippen LogP contribution in [-0.2, 0) is 20.9 Å². The van der Waals surface area contributed by atoms with E-state index in [1.165, 1.54) is 0 Å². The van der Waals surface area contributed by atoms with Crippen molar-refractivity contribution in [1.29, 1.82) is 0 Å². The van der Waals surface area contributed by atoms with Crippen molar-refractivity contribution in [2.45, 2.75) is 83.3 Å². The summed E-state index contributed by atoms with van der Waals surface area (Å²) in [4.78, 5) is 52.9. The van der Waals surface area contributed by atoms with Crippen molar-refractivity contribution in [2.24, 2.45) is 11.7 Å². The molecule has 33 heavy (non-hydrogen) atoms. The second-order valence-electron chi connectivity index (χ2n) is 9.51. The highest BCUT2D eigenvalue weighted by atomic mass is 16.2. The zero-order valence-electron chi connectivity index (χ0n) is 19.3. The molecule has 1 aromatic carbocycles. The molecule has 2 aliphatic heterocycles. The smallest absolute Gasteiger partial charge is 0.255 e. The molecule has 8 nitrogen and oxygen atoms in total. The molecule has 4 rings (SSSR count). The number of hydrogen-bond donors (Lipinski definition) is 2. The summed E-state index contributed by atoms with van der Waals surface area (Å²) in [6.07, 6.45) is 7.29. The van der Waals surface area contributed by atoms with Crippen LogP contribution in [0, 0.1) is 5.92 Å². The van der Waals surface area contributed by atoms with E-state index in [2.05, 4.69) is 23.2 Å². The van der Waals surface area contributed by atoms with Crippen LogP contribution in [0.4, 0.5) is 5.69 Å². The molecule has 1 aliphatic carbocycles. The Hall–Kier alpha value is -2.90. The Morgan fingerprint density at radius 2 is 1.88 bits per heavy atom. The zero-order valence-corrected chi connectivity index (χ0v) is 19.3. The van der Waals surface area contributed by atoms with Crippen molar-refractivity contribution in [2.75, 3.05) is 11.4 Å². The van der Waals surface area contributed by atoms with E-state index in [4.69, 9.17) is 5.73 Å². The lowest BCUT2D eigenvalue weighted by molar-refractivity contribution is -0.137. The normalized spacial score (nSPS) is 25.1. The second kappa shape index (κ2) is 9.93. The maximum atomic E-state index is 13.2. The van der Waals surface area contributed by atoms with Gasteiger partial charge >= 0.3 is 0 Å². The number of hydrogen-bond acceptors (Lipinski definition) is 5. The lowest BCUT2D eigenvalue weighted by Gasteiger charge is -2.39. The summed E-state index contributed by atoms with van der Waals surface area (Å²) in [6.45, 7) is 3.44. The lowest BCUT2D eigenvalue weighted by atomic mass is 9.84. The molecule has 1 unspecified atom stereocenters. The van der Waals surface area contributed by atoms with Crippen molar-refractivity contribution in [3.05, 3.63) is 29.3 Å². The number of unbranched alkanes of at least 4 members (excludes halogenated alkanes) is 2. The Bertz CT molecular complexity index is 938. The molecule has 0 spiro atoms. The van der Waals surface area contributed by atoms with Gasteiger partial charge < -0.3 is 15.5 Å². The maximum absolute atomic E-state index is 13.2. The third-order valence-corrected chi connectivity index (χ3v) is 7.41. The third kappa shape index (κ3) is 4.75. The van der Waals surface area contributed by atoms with Gasteiger partial charge in [-0.15, -0.1) is 0 Å². The van der Waals surface area contributed by atoms with Crippen LogP contribution in [0.15, 0.2) is 18.2 Å². The van der Waals surface area contributed by atoms with Crippen molar-refractivity contribution in [1.82, 2.24) is 10.2 Å². The molecule has 0 aromatic heterocycles. The van der Waals surface area contributed by atoms with Crippen LogP contribution in [0.5, 0.6) is 0 Å². The van der Waals surface area contributed by atoms with E-state index in [9.17, 15) is 19.2 Å². The summed E-state index contributed by atoms with van der Waals surface area (Å²) >= 11 is 0. The predicted molar refractivity (Wildman–Crippen MR) is 124 cm³/mol. The van der Waals surface area contributed by atoms with Gasteiger partial charge in [-0.2, -0.15) is 0 Å². The largest absolute Gasteiger partial charge is 0.369 e. The first-order valence-electron chi connectivity index (χ1n) is 12.2. The van der Waals surface area contributed by atoms with Gasteiger partial charge in [-0.25, -0.2) is 0 Å². The monoisotopic (exact) mass is 454 g/mol.